The van der Waals surface area contributed by atoms with Crippen LogP contribution in [0.25, 0.3) is 0 Å². The molecule has 7 nitrogen and oxygen atoms in total. The van der Waals surface area contributed by atoms with Crippen LogP contribution in [-0.2, 0) is 9.53 Å². The second-order valence-corrected chi connectivity index (χ2v) is 9.06. The summed E-state index contributed by atoms with van der Waals surface area (Å²) in [6.45, 7) is 4.67. The summed E-state index contributed by atoms with van der Waals surface area (Å²) in [6, 6.07) is 17.4. The van der Waals surface area contributed by atoms with Crippen LogP contribution in [0.1, 0.15) is 46.5 Å². The number of rotatable bonds is 6. The number of ketones is 1. The van der Waals surface area contributed by atoms with E-state index >= 15 is 0 Å². The number of benzene rings is 2. The number of hydrogen-bond acceptors (Lipinski definition) is 7. The molecule has 0 aromatic heterocycles. The number of esters is 1. The summed E-state index contributed by atoms with van der Waals surface area (Å²) in [4.78, 5) is 33.7. The van der Waals surface area contributed by atoms with E-state index in [0.717, 1.165) is 43.9 Å². The average molecular weight is 460 g/mol. The van der Waals surface area contributed by atoms with Crippen molar-refractivity contribution in [2.24, 2.45) is 4.99 Å². The second-order valence-electron chi connectivity index (χ2n) is 9.06. The summed E-state index contributed by atoms with van der Waals surface area (Å²) in [7, 11) is 0. The Morgan fingerprint density at radius 1 is 0.971 bits per heavy atom. The Morgan fingerprint density at radius 3 is 2.47 bits per heavy atom. The van der Waals surface area contributed by atoms with Crippen LogP contribution in [0.3, 0.4) is 0 Å². The highest BCUT2D eigenvalue weighted by atomic mass is 16.6. The molecule has 2 aliphatic heterocycles. The van der Waals surface area contributed by atoms with Gasteiger partial charge in [-0.2, -0.15) is 0 Å². The van der Waals surface area contributed by atoms with E-state index in [4.69, 9.17) is 4.74 Å². The maximum atomic E-state index is 12.6. The fraction of sp³-hybridized carbons (Fsp3) is 0.370. The van der Waals surface area contributed by atoms with Crippen LogP contribution >= 0.6 is 0 Å². The largest absolute Gasteiger partial charge is 0.511 e. The zero-order valence-electron chi connectivity index (χ0n) is 19.1. The van der Waals surface area contributed by atoms with Crippen molar-refractivity contribution in [2.75, 3.05) is 39.3 Å². The zero-order chi connectivity index (χ0) is 23.5. The van der Waals surface area contributed by atoms with Crippen LogP contribution in [0, 0.1) is 0 Å². The highest BCUT2D eigenvalue weighted by Crippen LogP contribution is 2.34. The van der Waals surface area contributed by atoms with E-state index in [1.54, 1.807) is 6.21 Å². The number of piperazine rings is 1. The van der Waals surface area contributed by atoms with E-state index in [1.165, 1.54) is 0 Å². The molecule has 2 aromatic carbocycles. The number of cyclic esters (lactones) is 1. The summed E-state index contributed by atoms with van der Waals surface area (Å²) in [5.74, 6) is -0.147. The van der Waals surface area contributed by atoms with Gasteiger partial charge in [0.2, 0.25) is 0 Å². The third kappa shape index (κ3) is 4.67. The monoisotopic (exact) mass is 459 g/mol. The normalized spacial score (nSPS) is 24.0. The number of ether oxygens (including phenoxy) is 1. The minimum absolute atomic E-state index is 0.0215. The lowest BCUT2D eigenvalue weighted by Crippen LogP contribution is -2.48. The average Bonchev–Trinajstić information content (AvgIpc) is 3.20. The van der Waals surface area contributed by atoms with E-state index in [9.17, 15) is 14.7 Å². The molecule has 0 amide bonds. The molecule has 1 saturated heterocycles. The fourth-order valence-electron chi connectivity index (χ4n) is 4.99. The van der Waals surface area contributed by atoms with Crippen molar-refractivity contribution in [1.29, 1.82) is 0 Å². The first-order valence-corrected chi connectivity index (χ1v) is 11.9. The zero-order valence-corrected chi connectivity index (χ0v) is 19.1. The number of carbonyl (C=O) groups is 2. The van der Waals surface area contributed by atoms with Crippen LogP contribution < -0.4 is 0 Å². The molecule has 0 bridgehead atoms. The van der Waals surface area contributed by atoms with Crippen molar-refractivity contribution >= 4 is 18.0 Å². The molecule has 5 rings (SSSR count). The van der Waals surface area contributed by atoms with Gasteiger partial charge in [0.1, 0.15) is 5.76 Å². The standard InChI is InChI=1S/C27H29N3O4/c31-24-16-20(19-6-2-1-3-7-19)17-25(32)23(24)18-28-10-11-29-12-14-30(15-13-29)26-21-8-4-5-9-22(21)27(33)34-26/h1-9,18,20,26,31H,10-17H2/t20?,26-/m1/s1. The molecule has 1 N–H and O–H groups in total. The van der Waals surface area contributed by atoms with Crippen molar-refractivity contribution in [2.45, 2.75) is 25.0 Å². The van der Waals surface area contributed by atoms with Crippen molar-refractivity contribution in [1.82, 2.24) is 9.80 Å². The molecule has 1 aliphatic carbocycles. The van der Waals surface area contributed by atoms with Crippen LogP contribution in [0.4, 0.5) is 0 Å². The minimum atomic E-state index is -0.296. The number of aliphatic hydroxyl groups is 1. The van der Waals surface area contributed by atoms with Gasteiger partial charge in [0.05, 0.1) is 17.7 Å². The lowest BCUT2D eigenvalue weighted by molar-refractivity contribution is -0.116. The van der Waals surface area contributed by atoms with Gasteiger partial charge in [0.15, 0.2) is 12.0 Å². The summed E-state index contributed by atoms with van der Waals surface area (Å²) < 4.78 is 5.61. The molecule has 0 saturated carbocycles. The number of hydrogen-bond donors (Lipinski definition) is 1. The molecule has 3 aliphatic rings. The van der Waals surface area contributed by atoms with Crippen molar-refractivity contribution < 1.29 is 19.4 Å². The number of carbonyl (C=O) groups excluding carboxylic acids is 2. The smallest absolute Gasteiger partial charge is 0.340 e. The Labute approximate surface area is 199 Å². The van der Waals surface area contributed by atoms with E-state index in [2.05, 4.69) is 14.8 Å². The fourth-order valence-corrected chi connectivity index (χ4v) is 4.99. The molecule has 2 aromatic rings. The molecule has 1 fully saturated rings. The van der Waals surface area contributed by atoms with Gasteiger partial charge in [-0.25, -0.2) is 4.79 Å². The molecular formula is C27H29N3O4. The maximum absolute atomic E-state index is 12.6. The van der Waals surface area contributed by atoms with Crippen LogP contribution in [0.15, 0.2) is 70.9 Å². The number of aliphatic hydroxyl groups excluding tert-OH is 1. The van der Waals surface area contributed by atoms with Crippen molar-refractivity contribution in [3.63, 3.8) is 0 Å². The molecule has 7 heteroatoms. The Bertz CT molecular complexity index is 1120. The topological polar surface area (TPSA) is 82.4 Å². The quantitative estimate of drug-likeness (QED) is 0.526. The van der Waals surface area contributed by atoms with Gasteiger partial charge < -0.3 is 9.84 Å². The third-order valence-corrected chi connectivity index (χ3v) is 6.92. The summed E-state index contributed by atoms with van der Waals surface area (Å²) >= 11 is 0. The molecule has 2 heterocycles. The van der Waals surface area contributed by atoms with Crippen molar-refractivity contribution in [3.8, 4) is 0 Å². The van der Waals surface area contributed by atoms with Gasteiger partial charge in [-0.3, -0.25) is 19.6 Å². The van der Waals surface area contributed by atoms with Crippen LogP contribution in [0.2, 0.25) is 0 Å². The Hall–Kier alpha value is -3.29. The Balaban J connectivity index is 1.10. The SMILES string of the molecule is O=C1CC(c2ccccc2)CC(O)=C1C=NCCN1CCN([C@@H]2OC(=O)c3ccccc32)CC1. The predicted molar refractivity (Wildman–Crippen MR) is 129 cm³/mol. The Morgan fingerprint density at radius 2 is 1.71 bits per heavy atom. The highest BCUT2D eigenvalue weighted by Gasteiger charge is 2.36. The van der Waals surface area contributed by atoms with Gasteiger partial charge in [0, 0.05) is 57.3 Å². The molecule has 1 unspecified atom stereocenters. The van der Waals surface area contributed by atoms with Gasteiger partial charge >= 0.3 is 5.97 Å². The number of allylic oxidation sites excluding steroid dienone is 2. The minimum Gasteiger partial charge on any atom is -0.511 e. The van der Waals surface area contributed by atoms with Crippen molar-refractivity contribution in [3.05, 3.63) is 82.6 Å². The first kappa shape index (κ1) is 22.5. The van der Waals surface area contributed by atoms with Gasteiger partial charge in [-0.05, 0) is 17.5 Å². The van der Waals surface area contributed by atoms with E-state index < -0.39 is 0 Å². The van der Waals surface area contributed by atoms with E-state index in [1.807, 2.05) is 54.6 Å². The first-order valence-electron chi connectivity index (χ1n) is 11.9. The summed E-state index contributed by atoms with van der Waals surface area (Å²) in [6.07, 6.45) is 2.11. The number of aliphatic imine (C=N–C) groups is 1. The molecule has 0 radical (unpaired) electrons. The number of Topliss-reactive ketones (excluding diaryl/α,β-unsaturated/α-hetero) is 1. The molecule has 0 spiro atoms. The van der Waals surface area contributed by atoms with E-state index in [0.29, 0.717) is 30.5 Å². The summed E-state index contributed by atoms with van der Waals surface area (Å²) in [5.41, 5.74) is 3.03. The molecule has 176 valence electrons. The van der Waals surface area contributed by atoms with E-state index in [-0.39, 0.29) is 29.7 Å². The van der Waals surface area contributed by atoms with Gasteiger partial charge in [-0.15, -0.1) is 0 Å². The number of nitrogens with zero attached hydrogens (tertiary/aromatic N) is 3. The predicted octanol–water partition coefficient (Wildman–Crippen LogP) is 3.50. The molecule has 2 atom stereocenters. The second kappa shape index (κ2) is 9.91. The first-order chi connectivity index (χ1) is 16.6. The lowest BCUT2D eigenvalue weighted by atomic mass is 9.83. The van der Waals surface area contributed by atoms with Gasteiger partial charge in [-0.1, -0.05) is 48.5 Å². The Kier molecular flexibility index (Phi) is 6.56. The number of fused-ring (bicyclic) bond motifs is 1. The summed E-state index contributed by atoms with van der Waals surface area (Å²) in [5, 5.41) is 10.5. The molecule has 34 heavy (non-hydrogen) atoms. The van der Waals surface area contributed by atoms with Crippen LogP contribution in [-0.4, -0.2) is 72.1 Å². The van der Waals surface area contributed by atoms with Crippen LogP contribution in [0.5, 0.6) is 0 Å². The van der Waals surface area contributed by atoms with Gasteiger partial charge in [0.25, 0.3) is 0 Å². The maximum Gasteiger partial charge on any atom is 0.340 e. The lowest BCUT2D eigenvalue weighted by Gasteiger charge is -2.37. The molecular weight excluding hydrogens is 430 g/mol. The highest BCUT2D eigenvalue weighted by molar-refractivity contribution is 6.14. The third-order valence-electron chi connectivity index (χ3n) is 6.92.